The fourth-order valence-corrected chi connectivity index (χ4v) is 6.65. The third kappa shape index (κ3) is 5.35. The van der Waals surface area contributed by atoms with Crippen molar-refractivity contribution in [2.45, 2.75) is 5.60 Å². The second-order valence-electron chi connectivity index (χ2n) is 11.9. The molecule has 0 unspecified atom stereocenters. The normalized spacial score (nSPS) is 13.2. The van der Waals surface area contributed by atoms with E-state index in [1.807, 2.05) is 30.3 Å². The molecule has 1 heterocycles. The molecule has 0 radical (unpaired) electrons. The van der Waals surface area contributed by atoms with Gasteiger partial charge in [0.1, 0.15) is 11.6 Å². The van der Waals surface area contributed by atoms with E-state index in [1.165, 1.54) is 12.1 Å². The lowest BCUT2D eigenvalue weighted by Gasteiger charge is -2.31. The summed E-state index contributed by atoms with van der Waals surface area (Å²) in [5.41, 5.74) is 12.3. The van der Waals surface area contributed by atoms with Gasteiger partial charge in [0.05, 0.1) is 5.57 Å². The summed E-state index contributed by atoms with van der Waals surface area (Å²) in [6, 6.07) is 59.1. The number of halogens is 1. The van der Waals surface area contributed by atoms with Crippen molar-refractivity contribution in [1.29, 1.82) is 0 Å². The van der Waals surface area contributed by atoms with Crippen LogP contribution in [0.1, 0.15) is 38.9 Å². The first-order chi connectivity index (χ1) is 23.7. The van der Waals surface area contributed by atoms with E-state index in [1.54, 1.807) is 12.1 Å². The van der Waals surface area contributed by atoms with Crippen LogP contribution in [0.4, 0.5) is 4.39 Å². The Morgan fingerprint density at radius 2 is 1.06 bits per heavy atom. The van der Waals surface area contributed by atoms with Crippen molar-refractivity contribution >= 4 is 34.1 Å². The zero-order chi connectivity index (χ0) is 32.3. The van der Waals surface area contributed by atoms with Crippen molar-refractivity contribution in [2.24, 2.45) is 0 Å². The standard InChI is InChI=1S/C46H31FO/c47-40-27-23-33(24-28-40)21-22-34-25-29-41-37(31-34)26-30-44-45(41)43(32-42(35-13-5-1-6-14-35)36-15-7-2-8-16-36)46(48-44,38-17-9-3-10-18-38)39-19-11-4-12-20-39/h1-31H/b22-21+. The molecule has 2 heteroatoms. The summed E-state index contributed by atoms with van der Waals surface area (Å²) in [6.45, 7) is 0. The van der Waals surface area contributed by atoms with Crippen molar-refractivity contribution in [1.82, 2.24) is 0 Å². The first-order valence-corrected chi connectivity index (χ1v) is 16.1. The molecule has 0 N–H and O–H groups in total. The lowest BCUT2D eigenvalue weighted by molar-refractivity contribution is 0.192. The van der Waals surface area contributed by atoms with Crippen LogP contribution in [0, 0.1) is 5.82 Å². The molecule has 0 fully saturated rings. The molecule has 1 nitrogen and oxygen atoms in total. The van der Waals surface area contributed by atoms with E-state index in [-0.39, 0.29) is 5.82 Å². The third-order valence-electron chi connectivity index (χ3n) is 8.94. The van der Waals surface area contributed by atoms with Gasteiger partial charge < -0.3 is 4.74 Å². The van der Waals surface area contributed by atoms with E-state index in [4.69, 9.17) is 4.74 Å². The number of rotatable bonds is 6. The van der Waals surface area contributed by atoms with Gasteiger partial charge in [-0.15, -0.1) is 5.73 Å². The fourth-order valence-electron chi connectivity index (χ4n) is 6.65. The molecular weight excluding hydrogens is 588 g/mol. The van der Waals surface area contributed by atoms with Gasteiger partial charge in [0.15, 0.2) is 5.60 Å². The zero-order valence-electron chi connectivity index (χ0n) is 26.2. The van der Waals surface area contributed by atoms with E-state index < -0.39 is 5.60 Å². The van der Waals surface area contributed by atoms with E-state index in [0.717, 1.165) is 66.6 Å². The molecule has 7 aromatic carbocycles. The van der Waals surface area contributed by atoms with Gasteiger partial charge in [0, 0.05) is 22.3 Å². The molecular formula is C46H31FO. The second-order valence-corrected chi connectivity index (χ2v) is 11.9. The lowest BCUT2D eigenvalue weighted by Crippen LogP contribution is -2.31. The number of fused-ring (bicyclic) bond motifs is 3. The Kier molecular flexibility index (Phi) is 7.63. The lowest BCUT2D eigenvalue weighted by atomic mass is 9.77. The van der Waals surface area contributed by atoms with Crippen LogP contribution in [0.3, 0.4) is 0 Å². The highest BCUT2D eigenvalue weighted by Crippen LogP contribution is 2.55. The molecule has 0 spiro atoms. The van der Waals surface area contributed by atoms with E-state index in [2.05, 4.69) is 139 Å². The Labute approximate surface area is 280 Å². The molecule has 48 heavy (non-hydrogen) atoms. The minimum Gasteiger partial charge on any atom is -0.472 e. The number of ether oxygens (including phenoxy) is 1. The molecule has 228 valence electrons. The highest BCUT2D eigenvalue weighted by atomic mass is 19.1. The van der Waals surface area contributed by atoms with Crippen molar-refractivity contribution in [3.63, 3.8) is 0 Å². The molecule has 0 saturated carbocycles. The maximum Gasteiger partial charge on any atom is 0.192 e. The minimum absolute atomic E-state index is 0.239. The van der Waals surface area contributed by atoms with E-state index in [9.17, 15) is 4.39 Å². The van der Waals surface area contributed by atoms with Gasteiger partial charge in [-0.2, -0.15) is 0 Å². The maximum atomic E-state index is 13.5. The molecule has 0 bridgehead atoms. The first-order valence-electron chi connectivity index (χ1n) is 16.1. The third-order valence-corrected chi connectivity index (χ3v) is 8.94. The SMILES string of the molecule is Fc1ccc(/C=C/c2ccc3c4c(ccc3c2)OC(c2ccccc2)(c2ccccc2)C4=C=C(c2ccccc2)c2ccccc2)cc1. The molecule has 0 saturated heterocycles. The van der Waals surface area contributed by atoms with Crippen LogP contribution in [0.15, 0.2) is 182 Å². The van der Waals surface area contributed by atoms with Crippen molar-refractivity contribution < 1.29 is 9.13 Å². The van der Waals surface area contributed by atoms with Gasteiger partial charge in [-0.25, -0.2) is 4.39 Å². The highest BCUT2D eigenvalue weighted by Gasteiger charge is 2.48. The minimum atomic E-state index is -0.949. The molecule has 7 aromatic rings. The van der Waals surface area contributed by atoms with Gasteiger partial charge >= 0.3 is 0 Å². The topological polar surface area (TPSA) is 9.23 Å². The summed E-state index contributed by atoms with van der Waals surface area (Å²) >= 11 is 0. The second kappa shape index (κ2) is 12.5. The zero-order valence-corrected chi connectivity index (χ0v) is 26.2. The molecule has 0 aliphatic carbocycles. The summed E-state index contributed by atoms with van der Waals surface area (Å²) < 4.78 is 20.7. The Morgan fingerprint density at radius 1 is 0.542 bits per heavy atom. The van der Waals surface area contributed by atoms with Crippen LogP contribution < -0.4 is 4.74 Å². The molecule has 1 aliphatic rings. The molecule has 0 atom stereocenters. The summed E-state index contributed by atoms with van der Waals surface area (Å²) in [6.07, 6.45) is 4.07. The average Bonchev–Trinajstić information content (AvgIpc) is 3.50. The maximum absolute atomic E-state index is 13.5. The highest BCUT2D eigenvalue weighted by molar-refractivity contribution is 6.03. The van der Waals surface area contributed by atoms with Crippen LogP contribution in [-0.2, 0) is 5.60 Å². The first kappa shape index (κ1) is 29.2. The van der Waals surface area contributed by atoms with Crippen LogP contribution in [0.5, 0.6) is 5.75 Å². The van der Waals surface area contributed by atoms with Gasteiger partial charge in [0.2, 0.25) is 0 Å². The number of hydrogen-bond donors (Lipinski definition) is 0. The quantitative estimate of drug-likeness (QED) is 0.133. The number of benzene rings is 7. The Morgan fingerprint density at radius 3 is 1.65 bits per heavy atom. The van der Waals surface area contributed by atoms with Crippen LogP contribution in [-0.4, -0.2) is 0 Å². The Hall–Kier alpha value is -6.21. The molecule has 1 aliphatic heterocycles. The molecule has 0 amide bonds. The van der Waals surface area contributed by atoms with Crippen molar-refractivity contribution in [3.8, 4) is 5.75 Å². The van der Waals surface area contributed by atoms with Crippen LogP contribution in [0.2, 0.25) is 0 Å². The van der Waals surface area contributed by atoms with Gasteiger partial charge in [-0.1, -0.05) is 164 Å². The van der Waals surface area contributed by atoms with Crippen molar-refractivity contribution in [3.05, 3.63) is 226 Å². The Bertz CT molecular complexity index is 2240. The summed E-state index contributed by atoms with van der Waals surface area (Å²) in [5.74, 6) is 0.574. The van der Waals surface area contributed by atoms with Gasteiger partial charge in [-0.3, -0.25) is 0 Å². The van der Waals surface area contributed by atoms with Crippen LogP contribution >= 0.6 is 0 Å². The average molecular weight is 619 g/mol. The summed E-state index contributed by atoms with van der Waals surface area (Å²) in [5, 5.41) is 2.18. The summed E-state index contributed by atoms with van der Waals surface area (Å²) in [4.78, 5) is 0. The summed E-state index contributed by atoms with van der Waals surface area (Å²) in [7, 11) is 0. The van der Waals surface area contributed by atoms with Gasteiger partial charge in [-0.05, 0) is 57.3 Å². The monoisotopic (exact) mass is 618 g/mol. The fraction of sp³-hybridized carbons (Fsp3) is 0.0217. The van der Waals surface area contributed by atoms with Crippen LogP contribution in [0.25, 0.3) is 34.1 Å². The largest absolute Gasteiger partial charge is 0.472 e. The molecule has 8 rings (SSSR count). The smallest absolute Gasteiger partial charge is 0.192 e. The Balaban J connectivity index is 1.43. The van der Waals surface area contributed by atoms with E-state index in [0.29, 0.717) is 0 Å². The predicted molar refractivity (Wildman–Crippen MR) is 196 cm³/mol. The predicted octanol–water partition coefficient (Wildman–Crippen LogP) is 11.6. The molecule has 0 aromatic heterocycles. The van der Waals surface area contributed by atoms with Gasteiger partial charge in [0.25, 0.3) is 0 Å². The van der Waals surface area contributed by atoms with E-state index >= 15 is 0 Å². The number of hydrogen-bond acceptors (Lipinski definition) is 1. The van der Waals surface area contributed by atoms with Crippen molar-refractivity contribution in [2.75, 3.05) is 0 Å².